The van der Waals surface area contributed by atoms with Crippen molar-refractivity contribution in [1.29, 1.82) is 0 Å². The first-order valence-electron chi connectivity index (χ1n) is 28.1. The molecule has 3 aliphatic heterocycles. The minimum absolute atomic E-state index is 0.197. The molecule has 3 fully saturated rings. The minimum Gasteiger partial charge on any atom is -0.493 e. The van der Waals surface area contributed by atoms with Crippen molar-refractivity contribution < 1.29 is 65.6 Å². The number of fused-ring (bicyclic) bond motifs is 6. The van der Waals surface area contributed by atoms with Crippen molar-refractivity contribution in [2.24, 2.45) is 0 Å². The molecule has 0 spiro atoms. The average Bonchev–Trinajstić information content (AvgIpc) is 4.42. The van der Waals surface area contributed by atoms with E-state index in [9.17, 15) is 19.2 Å². The molecule has 1 unspecified atom stereocenters. The minimum atomic E-state index is -0.368. The molecule has 3 N–H and O–H groups in total. The molecule has 0 saturated carbocycles. The molecular weight excluding hydrogens is 1110 g/mol. The van der Waals surface area contributed by atoms with Gasteiger partial charge >= 0.3 is 11.9 Å². The van der Waals surface area contributed by atoms with Gasteiger partial charge in [0.1, 0.15) is 47.2 Å². The van der Waals surface area contributed by atoms with E-state index in [0.29, 0.717) is 51.4 Å². The highest BCUT2D eigenvalue weighted by molar-refractivity contribution is 9.09. The van der Waals surface area contributed by atoms with Crippen LogP contribution < -0.4 is 30.2 Å². The average molecular weight is 1180 g/mol. The third-order valence-electron chi connectivity index (χ3n) is 14.9. The van der Waals surface area contributed by atoms with E-state index in [1.165, 1.54) is 7.11 Å². The lowest BCUT2D eigenvalue weighted by Gasteiger charge is -2.23. The van der Waals surface area contributed by atoms with Gasteiger partial charge in [0.2, 0.25) is 11.8 Å². The summed E-state index contributed by atoms with van der Waals surface area (Å²) < 4.78 is 55.0. The summed E-state index contributed by atoms with van der Waals surface area (Å²) in [7, 11) is 1.39. The summed E-state index contributed by atoms with van der Waals surface area (Å²) in [6.45, 7) is 8.94. The van der Waals surface area contributed by atoms with Crippen molar-refractivity contribution in [3.05, 3.63) is 126 Å². The van der Waals surface area contributed by atoms with Crippen LogP contribution in [0.25, 0.3) is 65.2 Å². The normalized spacial score (nSPS) is 16.0. The number of carbonyl (C=O) groups is 4. The fourth-order valence-electron chi connectivity index (χ4n) is 10.6. The van der Waals surface area contributed by atoms with E-state index in [1.54, 1.807) is 25.7 Å². The maximum absolute atomic E-state index is 12.3. The van der Waals surface area contributed by atoms with Gasteiger partial charge < -0.3 is 57.0 Å². The number of alkyl halides is 1. The molecule has 6 aromatic carbocycles. The predicted molar refractivity (Wildman–Crippen MR) is 316 cm³/mol. The largest absolute Gasteiger partial charge is 0.493 e. The Bertz CT molecular complexity index is 3670. The first-order valence-corrected chi connectivity index (χ1v) is 29.2. The predicted octanol–water partition coefficient (Wildman–Crippen LogP) is 11.2. The van der Waals surface area contributed by atoms with Gasteiger partial charge in [-0.25, -0.2) is 0 Å². The molecule has 9 aromatic rings. The number of nitrogens with one attached hydrogen (secondary N) is 3. The summed E-state index contributed by atoms with van der Waals surface area (Å²) in [6, 6.07) is 31.1. The number of esters is 2. The Morgan fingerprint density at radius 2 is 1.04 bits per heavy atom. The van der Waals surface area contributed by atoms with Gasteiger partial charge in [0.05, 0.1) is 57.9 Å². The fourth-order valence-corrected chi connectivity index (χ4v) is 10.8. The van der Waals surface area contributed by atoms with Crippen LogP contribution in [0.4, 0.5) is 0 Å². The quantitative estimate of drug-likeness (QED) is 0.0298. The second-order valence-electron chi connectivity index (χ2n) is 20.4. The maximum Gasteiger partial charge on any atom is 0.310 e. The molecule has 17 nitrogen and oxygen atoms in total. The number of ether oxygens (including phenoxy) is 7. The lowest BCUT2D eigenvalue weighted by molar-refractivity contribution is -0.142. The van der Waals surface area contributed by atoms with Crippen LogP contribution in [0, 0.1) is 0 Å². The number of furan rings is 3. The molecule has 6 heterocycles. The van der Waals surface area contributed by atoms with E-state index in [0.717, 1.165) is 170 Å². The molecule has 12 rings (SSSR count). The molecule has 0 bridgehead atoms. The number of methoxy groups -OCH3 is 1. The number of carbonyl (C=O) groups excluding carboxylic acids is 4. The summed E-state index contributed by atoms with van der Waals surface area (Å²) in [5, 5.41) is 19.3. The molecule has 1 atom stereocenters. The van der Waals surface area contributed by atoms with Crippen molar-refractivity contribution >= 4 is 105 Å². The Hall–Kier alpha value is -7.48. The molecule has 0 aliphatic carbocycles. The van der Waals surface area contributed by atoms with E-state index >= 15 is 0 Å². The lowest BCUT2D eigenvalue weighted by atomic mass is 9.90. The Labute approximate surface area is 482 Å². The zero-order valence-corrected chi connectivity index (χ0v) is 47.7. The third-order valence-corrected chi connectivity index (χ3v) is 15.2. The van der Waals surface area contributed by atoms with E-state index < -0.39 is 0 Å². The number of benzene rings is 6. The molecular formula is C64H68BrN3O14. The van der Waals surface area contributed by atoms with Gasteiger partial charge in [-0.15, -0.1) is 0 Å². The smallest absolute Gasteiger partial charge is 0.310 e. The molecule has 2 amide bonds. The SMILES string of the molecule is CCOC(=O)Cc1coc2cc3ccc(OCCBr)cc3cc12.COC(=O)Cc1coc2cc3ccc(OCCNC4CCOCC4)cc3cc12.O=C1CCC(c2coc3cc4ccc(OCCNC5CCOCC5)cc4cc23)C(=O)N1. The zero-order chi connectivity index (χ0) is 56.8. The van der Waals surface area contributed by atoms with Crippen LogP contribution in [0.2, 0.25) is 0 Å². The fraction of sp³-hybridized carbons (Fsp3) is 0.375. The van der Waals surface area contributed by atoms with Crippen LogP contribution in [0.1, 0.15) is 68.1 Å². The highest BCUT2D eigenvalue weighted by Crippen LogP contribution is 2.36. The van der Waals surface area contributed by atoms with Gasteiger partial charge in [-0.05, 0) is 144 Å². The summed E-state index contributed by atoms with van der Waals surface area (Å²) in [6.07, 6.45) is 10.4. The number of halogens is 1. The monoisotopic (exact) mass is 1180 g/mol. The maximum atomic E-state index is 12.3. The van der Waals surface area contributed by atoms with Gasteiger partial charge in [-0.3, -0.25) is 24.5 Å². The van der Waals surface area contributed by atoms with Gasteiger partial charge in [0.25, 0.3) is 0 Å². The molecule has 3 saturated heterocycles. The molecule has 3 aliphatic rings. The van der Waals surface area contributed by atoms with E-state index in [1.807, 2.05) is 91.0 Å². The van der Waals surface area contributed by atoms with Crippen LogP contribution in [0.3, 0.4) is 0 Å². The number of imide groups is 1. The Morgan fingerprint density at radius 1 is 0.573 bits per heavy atom. The number of rotatable bonds is 19. The number of amides is 2. The highest BCUT2D eigenvalue weighted by atomic mass is 79.9. The Balaban J connectivity index is 0.000000139. The Morgan fingerprint density at radius 3 is 1.51 bits per heavy atom. The van der Waals surface area contributed by atoms with E-state index in [4.69, 9.17) is 46.4 Å². The summed E-state index contributed by atoms with van der Waals surface area (Å²) in [5.41, 5.74) is 4.77. The van der Waals surface area contributed by atoms with E-state index in [2.05, 4.69) is 31.9 Å². The van der Waals surface area contributed by atoms with Crippen LogP contribution in [0.5, 0.6) is 17.2 Å². The second-order valence-corrected chi connectivity index (χ2v) is 21.2. The first kappa shape index (κ1) is 57.7. The van der Waals surface area contributed by atoms with Gasteiger partial charge in [0, 0.05) is 96.2 Å². The van der Waals surface area contributed by atoms with Crippen molar-refractivity contribution in [3.8, 4) is 17.2 Å². The Kier molecular flexibility index (Phi) is 19.7. The highest BCUT2D eigenvalue weighted by Gasteiger charge is 2.30. The standard InChI is InChI=1S/C24H26N2O5.C22H25NO5.C18H17BrO4/c27-23-4-3-19(24(28)26-23)21-14-31-22-13-15-1-2-18(11-16(15)12-20(21)22)30-10-7-25-17-5-8-29-9-6-17;1-25-22(24)13-17-14-28-21-12-15-2-3-19(10-16(15)11-20(17)21)27-9-6-23-18-4-7-26-8-5-18;1-2-21-18(20)10-14-11-23-17-9-12-3-4-15(22-6-5-19)7-13(12)8-16(14)17/h1-2,11-14,17,19,25H,3-10H2,(H,26,27,28);2-3,10-12,14,18,23H,4-9,13H2,1H3;3-4,7-9,11H,2,5-6,10H2,1H3. The summed E-state index contributed by atoms with van der Waals surface area (Å²) >= 11 is 3.35. The third kappa shape index (κ3) is 14.8. The number of hydrogen-bond acceptors (Lipinski definition) is 16. The first-order chi connectivity index (χ1) is 40.1. The molecule has 82 heavy (non-hydrogen) atoms. The van der Waals surface area contributed by atoms with Crippen LogP contribution in [-0.2, 0) is 51.0 Å². The molecule has 0 radical (unpaired) electrons. The van der Waals surface area contributed by atoms with Gasteiger partial charge in [-0.2, -0.15) is 0 Å². The van der Waals surface area contributed by atoms with Crippen molar-refractivity contribution in [2.45, 2.75) is 76.3 Å². The van der Waals surface area contributed by atoms with Crippen molar-refractivity contribution in [3.63, 3.8) is 0 Å². The number of hydrogen-bond donors (Lipinski definition) is 3. The summed E-state index contributed by atoms with van der Waals surface area (Å²) in [5.74, 6) is 1.10. The van der Waals surface area contributed by atoms with Crippen molar-refractivity contribution in [2.75, 3.05) is 78.4 Å². The lowest BCUT2D eigenvalue weighted by Crippen LogP contribution is -2.39. The van der Waals surface area contributed by atoms with Gasteiger partial charge in [-0.1, -0.05) is 34.1 Å². The van der Waals surface area contributed by atoms with Crippen LogP contribution >= 0.6 is 15.9 Å². The van der Waals surface area contributed by atoms with E-state index in [-0.39, 0.29) is 42.5 Å². The van der Waals surface area contributed by atoms with Crippen molar-refractivity contribution in [1.82, 2.24) is 16.0 Å². The second kappa shape index (κ2) is 28.0. The topological polar surface area (TPSA) is 208 Å². The zero-order valence-electron chi connectivity index (χ0n) is 46.2. The molecule has 3 aromatic heterocycles. The van der Waals surface area contributed by atoms with Gasteiger partial charge in [0.15, 0.2) is 0 Å². The summed E-state index contributed by atoms with van der Waals surface area (Å²) in [4.78, 5) is 47.1. The van der Waals surface area contributed by atoms with Crippen LogP contribution in [0.15, 0.2) is 123 Å². The molecule has 430 valence electrons. The number of piperidine rings is 1. The molecule has 18 heteroatoms. The van der Waals surface area contributed by atoms with Crippen LogP contribution in [-0.4, -0.2) is 114 Å².